The molecule has 3 N–H and O–H groups in total. The highest BCUT2D eigenvalue weighted by molar-refractivity contribution is 7.90. The average Bonchev–Trinajstić information content (AvgIpc) is 3.01. The second-order valence-electron chi connectivity index (χ2n) is 5.00. The van der Waals surface area contributed by atoms with Crippen LogP contribution < -0.4 is 10.5 Å². The SMILES string of the molecule is CCC(CN)S(=O)(=O)NC1CCOC1C1CC1. The Balaban J connectivity index is 1.99. The lowest BCUT2D eigenvalue weighted by Gasteiger charge is -2.22. The fourth-order valence-electron chi connectivity index (χ4n) is 2.45. The first-order valence-corrected chi connectivity index (χ1v) is 7.96. The van der Waals surface area contributed by atoms with Crippen LogP contribution in [0.3, 0.4) is 0 Å². The van der Waals surface area contributed by atoms with Gasteiger partial charge < -0.3 is 10.5 Å². The fraction of sp³-hybridized carbons (Fsp3) is 1.00. The van der Waals surface area contributed by atoms with Gasteiger partial charge in [-0.3, -0.25) is 0 Å². The molecule has 6 heteroatoms. The van der Waals surface area contributed by atoms with Crippen molar-refractivity contribution in [3.8, 4) is 0 Å². The zero-order valence-corrected chi connectivity index (χ0v) is 11.1. The van der Waals surface area contributed by atoms with Gasteiger partial charge in [-0.05, 0) is 31.6 Å². The Morgan fingerprint density at radius 1 is 1.41 bits per heavy atom. The molecule has 0 amide bonds. The van der Waals surface area contributed by atoms with E-state index in [0.29, 0.717) is 18.9 Å². The maximum atomic E-state index is 12.1. The predicted molar refractivity (Wildman–Crippen MR) is 66.1 cm³/mol. The molecule has 1 aliphatic heterocycles. The Labute approximate surface area is 103 Å². The van der Waals surface area contributed by atoms with Crippen LogP contribution in [0.4, 0.5) is 0 Å². The van der Waals surface area contributed by atoms with E-state index in [1.807, 2.05) is 6.92 Å². The molecule has 2 aliphatic rings. The summed E-state index contributed by atoms with van der Waals surface area (Å²) in [5.41, 5.74) is 5.50. The Morgan fingerprint density at radius 3 is 2.65 bits per heavy atom. The third-order valence-corrected chi connectivity index (χ3v) is 5.73. The number of sulfonamides is 1. The molecule has 1 heterocycles. The van der Waals surface area contributed by atoms with Crippen molar-refractivity contribution in [3.63, 3.8) is 0 Å². The summed E-state index contributed by atoms with van der Waals surface area (Å²) in [6.07, 6.45) is 3.74. The van der Waals surface area contributed by atoms with Crippen LogP contribution in [0.5, 0.6) is 0 Å². The molecular formula is C11H22N2O3S. The third-order valence-electron chi connectivity index (χ3n) is 3.70. The summed E-state index contributed by atoms with van der Waals surface area (Å²) in [6.45, 7) is 2.68. The number of rotatable bonds is 6. The van der Waals surface area contributed by atoms with Crippen LogP contribution in [-0.4, -0.2) is 39.0 Å². The minimum Gasteiger partial charge on any atom is -0.376 e. The normalized spacial score (nSPS) is 31.6. The zero-order chi connectivity index (χ0) is 12.5. The second-order valence-corrected chi connectivity index (χ2v) is 6.99. The number of ether oxygens (including phenoxy) is 1. The lowest BCUT2D eigenvalue weighted by molar-refractivity contribution is 0.0847. The highest BCUT2D eigenvalue weighted by Crippen LogP contribution is 2.39. The van der Waals surface area contributed by atoms with Gasteiger partial charge in [0.1, 0.15) is 0 Å². The van der Waals surface area contributed by atoms with Crippen molar-refractivity contribution >= 4 is 10.0 Å². The molecule has 0 aromatic carbocycles. The molecule has 100 valence electrons. The van der Waals surface area contributed by atoms with E-state index in [9.17, 15) is 8.42 Å². The summed E-state index contributed by atoms with van der Waals surface area (Å²) >= 11 is 0. The molecule has 1 saturated heterocycles. The minimum absolute atomic E-state index is 0.0481. The molecule has 17 heavy (non-hydrogen) atoms. The Morgan fingerprint density at radius 2 is 2.12 bits per heavy atom. The molecule has 5 nitrogen and oxygen atoms in total. The number of nitrogens with two attached hydrogens (primary N) is 1. The topological polar surface area (TPSA) is 81.4 Å². The lowest BCUT2D eigenvalue weighted by Crippen LogP contribution is -2.47. The molecule has 2 fully saturated rings. The highest BCUT2D eigenvalue weighted by atomic mass is 32.2. The number of nitrogens with one attached hydrogen (secondary N) is 1. The van der Waals surface area contributed by atoms with Gasteiger partial charge in [-0.1, -0.05) is 6.92 Å². The van der Waals surface area contributed by atoms with Gasteiger partial charge >= 0.3 is 0 Å². The first-order chi connectivity index (χ1) is 8.08. The highest BCUT2D eigenvalue weighted by Gasteiger charge is 2.42. The van der Waals surface area contributed by atoms with Gasteiger partial charge in [0.2, 0.25) is 10.0 Å². The van der Waals surface area contributed by atoms with Crippen molar-refractivity contribution in [2.24, 2.45) is 11.7 Å². The molecule has 3 atom stereocenters. The molecule has 3 unspecified atom stereocenters. The van der Waals surface area contributed by atoms with Gasteiger partial charge in [-0.2, -0.15) is 0 Å². The third kappa shape index (κ3) is 2.99. The van der Waals surface area contributed by atoms with E-state index in [0.717, 1.165) is 19.3 Å². The molecule has 0 aromatic heterocycles. The molecule has 0 radical (unpaired) electrons. The van der Waals surface area contributed by atoms with Crippen molar-refractivity contribution < 1.29 is 13.2 Å². The standard InChI is InChI=1S/C11H22N2O3S/c1-2-9(7-12)17(14,15)13-10-5-6-16-11(10)8-3-4-8/h8-11,13H,2-7,12H2,1H3. The van der Waals surface area contributed by atoms with Crippen molar-refractivity contribution in [1.82, 2.24) is 4.72 Å². The van der Waals surface area contributed by atoms with Gasteiger partial charge in [0.05, 0.1) is 17.4 Å². The summed E-state index contributed by atoms with van der Waals surface area (Å²) < 4.78 is 32.6. The number of hydrogen-bond acceptors (Lipinski definition) is 4. The van der Waals surface area contributed by atoms with Gasteiger partial charge in [0, 0.05) is 13.2 Å². The molecule has 0 spiro atoms. The van der Waals surface area contributed by atoms with E-state index >= 15 is 0 Å². The summed E-state index contributed by atoms with van der Waals surface area (Å²) in [7, 11) is -3.30. The molecular weight excluding hydrogens is 240 g/mol. The van der Waals surface area contributed by atoms with Crippen molar-refractivity contribution in [2.45, 2.75) is 50.0 Å². The van der Waals surface area contributed by atoms with E-state index in [1.54, 1.807) is 0 Å². The molecule has 1 aliphatic carbocycles. The van der Waals surface area contributed by atoms with Crippen LogP contribution in [0, 0.1) is 5.92 Å². The van der Waals surface area contributed by atoms with Crippen molar-refractivity contribution in [2.75, 3.05) is 13.2 Å². The summed E-state index contributed by atoms with van der Waals surface area (Å²) in [6, 6.07) is -0.0481. The van der Waals surface area contributed by atoms with E-state index in [1.165, 1.54) is 0 Å². The van der Waals surface area contributed by atoms with Gasteiger partial charge in [0.25, 0.3) is 0 Å². The molecule has 0 aromatic rings. The monoisotopic (exact) mass is 262 g/mol. The van der Waals surface area contributed by atoms with E-state index in [2.05, 4.69) is 4.72 Å². The molecule has 1 saturated carbocycles. The summed E-state index contributed by atoms with van der Waals surface area (Å²) in [4.78, 5) is 0. The number of hydrogen-bond donors (Lipinski definition) is 2. The van der Waals surface area contributed by atoms with Crippen LogP contribution in [0.25, 0.3) is 0 Å². The van der Waals surface area contributed by atoms with Crippen LogP contribution >= 0.6 is 0 Å². The summed E-state index contributed by atoms with van der Waals surface area (Å²) in [5.74, 6) is 0.558. The first-order valence-electron chi connectivity index (χ1n) is 6.41. The van der Waals surface area contributed by atoms with Gasteiger partial charge in [-0.25, -0.2) is 13.1 Å². The minimum atomic E-state index is -3.30. The smallest absolute Gasteiger partial charge is 0.216 e. The molecule has 2 rings (SSSR count). The van der Waals surface area contributed by atoms with Crippen molar-refractivity contribution in [1.29, 1.82) is 0 Å². The second kappa shape index (κ2) is 5.22. The zero-order valence-electron chi connectivity index (χ0n) is 10.3. The van der Waals surface area contributed by atoms with Gasteiger partial charge in [0.15, 0.2) is 0 Å². The van der Waals surface area contributed by atoms with Crippen LogP contribution in [-0.2, 0) is 14.8 Å². The summed E-state index contributed by atoms with van der Waals surface area (Å²) in [5, 5.41) is -0.483. The predicted octanol–water partition coefficient (Wildman–Crippen LogP) is 0.211. The van der Waals surface area contributed by atoms with E-state index < -0.39 is 15.3 Å². The molecule has 0 bridgehead atoms. The quantitative estimate of drug-likeness (QED) is 0.717. The maximum absolute atomic E-state index is 12.1. The fourth-order valence-corrected chi connectivity index (χ4v) is 4.01. The largest absolute Gasteiger partial charge is 0.376 e. The van der Waals surface area contributed by atoms with Crippen LogP contribution in [0.2, 0.25) is 0 Å². The van der Waals surface area contributed by atoms with Crippen LogP contribution in [0.1, 0.15) is 32.6 Å². The van der Waals surface area contributed by atoms with Crippen molar-refractivity contribution in [3.05, 3.63) is 0 Å². The van der Waals surface area contributed by atoms with Crippen LogP contribution in [0.15, 0.2) is 0 Å². The Kier molecular flexibility index (Phi) is 4.07. The lowest BCUT2D eigenvalue weighted by atomic mass is 10.1. The maximum Gasteiger partial charge on any atom is 0.216 e. The van der Waals surface area contributed by atoms with Gasteiger partial charge in [-0.15, -0.1) is 0 Å². The average molecular weight is 262 g/mol. The van der Waals surface area contributed by atoms with E-state index in [-0.39, 0.29) is 18.7 Å². The van der Waals surface area contributed by atoms with E-state index in [4.69, 9.17) is 10.5 Å². The Bertz CT molecular complexity index is 350. The first kappa shape index (κ1) is 13.3. The Hall–Kier alpha value is -0.170.